The summed E-state index contributed by atoms with van der Waals surface area (Å²) in [7, 11) is 0. The number of benzene rings is 2. The lowest BCUT2D eigenvalue weighted by Gasteiger charge is -2.09. The van der Waals surface area contributed by atoms with Crippen LogP contribution in [0.2, 0.25) is 0 Å². The third kappa shape index (κ3) is 1.90. The van der Waals surface area contributed by atoms with E-state index in [1.54, 1.807) is 0 Å². The molecule has 3 heteroatoms. The third-order valence-corrected chi connectivity index (χ3v) is 3.94. The van der Waals surface area contributed by atoms with Gasteiger partial charge in [0.15, 0.2) is 4.77 Å². The Hall–Kier alpha value is -1.87. The largest absolute Gasteiger partial charge is 0.330 e. The van der Waals surface area contributed by atoms with Crippen LogP contribution in [-0.2, 0) is 0 Å². The lowest BCUT2D eigenvalue weighted by Crippen LogP contribution is -1.96. The van der Waals surface area contributed by atoms with E-state index in [1.807, 2.05) is 6.07 Å². The quantitative estimate of drug-likeness (QED) is 0.639. The molecule has 0 aliphatic carbocycles. The Kier molecular flexibility index (Phi) is 2.79. The fourth-order valence-electron chi connectivity index (χ4n) is 2.44. The minimum atomic E-state index is 0.743. The number of nitrogens with one attached hydrogen (secondary N) is 1. The molecule has 3 rings (SSSR count). The molecule has 3 aromatic rings. The predicted octanol–water partition coefficient (Wildman–Crippen LogP) is 4.61. The van der Waals surface area contributed by atoms with Gasteiger partial charge in [-0.2, -0.15) is 0 Å². The zero-order valence-corrected chi connectivity index (χ0v) is 12.1. The topological polar surface area (TPSA) is 20.7 Å². The number of aromatic nitrogens is 2. The molecule has 0 unspecified atom stereocenters. The van der Waals surface area contributed by atoms with Gasteiger partial charge in [-0.3, -0.25) is 4.57 Å². The SMILES string of the molecule is Cc1ccc(-n2c(=S)[nH]c3cccc(C)c32)cc1C. The number of fused-ring (bicyclic) bond motifs is 1. The van der Waals surface area contributed by atoms with Gasteiger partial charge in [-0.15, -0.1) is 0 Å². The summed E-state index contributed by atoms with van der Waals surface area (Å²) in [5.41, 5.74) is 7.17. The molecule has 1 aromatic heterocycles. The second kappa shape index (κ2) is 4.35. The van der Waals surface area contributed by atoms with Crippen LogP contribution in [0.15, 0.2) is 36.4 Å². The van der Waals surface area contributed by atoms with Gasteiger partial charge in [-0.05, 0) is 67.9 Å². The van der Waals surface area contributed by atoms with Crippen LogP contribution in [0.4, 0.5) is 0 Å². The van der Waals surface area contributed by atoms with Gasteiger partial charge in [0.25, 0.3) is 0 Å². The summed E-state index contributed by atoms with van der Waals surface area (Å²) in [6.07, 6.45) is 0. The highest BCUT2D eigenvalue weighted by Crippen LogP contribution is 2.23. The van der Waals surface area contributed by atoms with Crippen LogP contribution >= 0.6 is 12.2 Å². The first-order valence-corrected chi connectivity index (χ1v) is 6.77. The van der Waals surface area contributed by atoms with Crippen molar-refractivity contribution in [1.29, 1.82) is 0 Å². The minimum Gasteiger partial charge on any atom is -0.330 e. The lowest BCUT2D eigenvalue weighted by atomic mass is 10.1. The van der Waals surface area contributed by atoms with Crippen LogP contribution < -0.4 is 0 Å². The molecule has 19 heavy (non-hydrogen) atoms. The molecule has 0 aliphatic heterocycles. The predicted molar refractivity (Wildman–Crippen MR) is 82.7 cm³/mol. The molecule has 0 saturated carbocycles. The molecule has 0 spiro atoms. The highest BCUT2D eigenvalue weighted by molar-refractivity contribution is 7.71. The monoisotopic (exact) mass is 268 g/mol. The Balaban J connectivity index is 2.39. The fourth-order valence-corrected chi connectivity index (χ4v) is 2.75. The van der Waals surface area contributed by atoms with Gasteiger partial charge in [-0.1, -0.05) is 18.2 Å². The van der Waals surface area contributed by atoms with Crippen molar-refractivity contribution in [3.63, 3.8) is 0 Å². The standard InChI is InChI=1S/C16H16N2S/c1-10-7-8-13(9-12(10)3)18-15-11(2)5-4-6-14(15)17-16(18)19/h4-9H,1-3H3,(H,17,19). The van der Waals surface area contributed by atoms with Gasteiger partial charge in [0.1, 0.15) is 0 Å². The fraction of sp³-hybridized carbons (Fsp3) is 0.188. The normalized spacial score (nSPS) is 11.1. The number of nitrogens with zero attached hydrogens (tertiary/aromatic N) is 1. The lowest BCUT2D eigenvalue weighted by molar-refractivity contribution is 1.05. The third-order valence-electron chi connectivity index (χ3n) is 3.65. The first-order chi connectivity index (χ1) is 9.08. The van der Waals surface area contributed by atoms with E-state index in [0.717, 1.165) is 21.5 Å². The van der Waals surface area contributed by atoms with Gasteiger partial charge in [0.2, 0.25) is 0 Å². The van der Waals surface area contributed by atoms with Gasteiger partial charge in [0.05, 0.1) is 11.0 Å². The highest BCUT2D eigenvalue weighted by Gasteiger charge is 2.09. The average molecular weight is 268 g/mol. The van der Waals surface area contributed by atoms with E-state index in [4.69, 9.17) is 12.2 Å². The van der Waals surface area contributed by atoms with Crippen LogP contribution in [0.3, 0.4) is 0 Å². The number of aromatic amines is 1. The zero-order valence-electron chi connectivity index (χ0n) is 11.3. The van der Waals surface area contributed by atoms with Crippen molar-refractivity contribution in [2.24, 2.45) is 0 Å². The number of rotatable bonds is 1. The molecule has 0 amide bonds. The Morgan fingerprint density at radius 2 is 1.74 bits per heavy atom. The summed E-state index contributed by atoms with van der Waals surface area (Å²) >= 11 is 5.48. The molecular formula is C16H16N2S. The first kappa shape index (κ1) is 12.2. The average Bonchev–Trinajstić information content (AvgIpc) is 2.70. The van der Waals surface area contributed by atoms with Gasteiger partial charge in [0, 0.05) is 5.69 Å². The van der Waals surface area contributed by atoms with E-state index >= 15 is 0 Å². The second-order valence-electron chi connectivity index (χ2n) is 5.01. The number of imidazole rings is 1. The molecule has 2 nitrogen and oxygen atoms in total. The molecule has 0 aliphatic rings. The van der Waals surface area contributed by atoms with Crippen LogP contribution in [-0.4, -0.2) is 9.55 Å². The van der Waals surface area contributed by atoms with E-state index in [-0.39, 0.29) is 0 Å². The number of aryl methyl sites for hydroxylation is 3. The van der Waals surface area contributed by atoms with E-state index in [2.05, 4.69) is 60.7 Å². The van der Waals surface area contributed by atoms with Crippen molar-refractivity contribution in [2.75, 3.05) is 0 Å². The maximum absolute atomic E-state index is 5.48. The number of para-hydroxylation sites is 1. The molecule has 96 valence electrons. The van der Waals surface area contributed by atoms with E-state index in [1.165, 1.54) is 16.7 Å². The first-order valence-electron chi connectivity index (χ1n) is 6.36. The van der Waals surface area contributed by atoms with E-state index in [9.17, 15) is 0 Å². The molecule has 0 saturated heterocycles. The van der Waals surface area contributed by atoms with Gasteiger partial charge < -0.3 is 4.98 Å². The molecule has 1 heterocycles. The van der Waals surface area contributed by atoms with Crippen molar-refractivity contribution < 1.29 is 0 Å². The van der Waals surface area contributed by atoms with Crippen LogP contribution in [0.1, 0.15) is 16.7 Å². The van der Waals surface area contributed by atoms with Crippen molar-refractivity contribution in [2.45, 2.75) is 20.8 Å². The molecule has 0 bridgehead atoms. The van der Waals surface area contributed by atoms with Crippen LogP contribution in [0.25, 0.3) is 16.7 Å². The maximum atomic E-state index is 5.48. The smallest absolute Gasteiger partial charge is 0.182 e. The molecule has 0 radical (unpaired) electrons. The molecule has 1 N–H and O–H groups in total. The number of H-pyrrole nitrogens is 1. The van der Waals surface area contributed by atoms with E-state index in [0.29, 0.717) is 0 Å². The van der Waals surface area contributed by atoms with Crippen LogP contribution in [0.5, 0.6) is 0 Å². The summed E-state index contributed by atoms with van der Waals surface area (Å²) in [6, 6.07) is 12.7. The van der Waals surface area contributed by atoms with E-state index < -0.39 is 0 Å². The molecule has 0 fully saturated rings. The Morgan fingerprint density at radius 3 is 2.47 bits per heavy atom. The summed E-state index contributed by atoms with van der Waals surface area (Å²) < 4.78 is 2.86. The number of hydrogen-bond donors (Lipinski definition) is 1. The Morgan fingerprint density at radius 1 is 0.947 bits per heavy atom. The van der Waals surface area contributed by atoms with Crippen molar-refractivity contribution in [1.82, 2.24) is 9.55 Å². The summed E-state index contributed by atoms with van der Waals surface area (Å²) in [5.74, 6) is 0. The maximum Gasteiger partial charge on any atom is 0.182 e. The van der Waals surface area contributed by atoms with Crippen molar-refractivity contribution in [3.05, 3.63) is 57.9 Å². The molecule has 2 aromatic carbocycles. The zero-order chi connectivity index (χ0) is 13.6. The van der Waals surface area contributed by atoms with Crippen molar-refractivity contribution >= 4 is 23.3 Å². The van der Waals surface area contributed by atoms with Crippen molar-refractivity contribution in [3.8, 4) is 5.69 Å². The highest BCUT2D eigenvalue weighted by atomic mass is 32.1. The van der Waals surface area contributed by atoms with Crippen LogP contribution in [0, 0.1) is 25.5 Å². The van der Waals surface area contributed by atoms with Gasteiger partial charge in [-0.25, -0.2) is 0 Å². The second-order valence-corrected chi connectivity index (χ2v) is 5.39. The number of hydrogen-bond acceptors (Lipinski definition) is 1. The summed E-state index contributed by atoms with van der Waals surface area (Å²) in [4.78, 5) is 3.28. The summed E-state index contributed by atoms with van der Waals surface area (Å²) in [5, 5.41) is 0. The molecule has 0 atom stereocenters. The Labute approximate surface area is 117 Å². The Bertz CT molecular complexity index is 824. The molecular weight excluding hydrogens is 252 g/mol. The minimum absolute atomic E-state index is 0.743. The summed E-state index contributed by atoms with van der Waals surface area (Å²) in [6.45, 7) is 6.37. The van der Waals surface area contributed by atoms with Gasteiger partial charge >= 0.3 is 0 Å².